The van der Waals surface area contributed by atoms with Gasteiger partial charge in [0.2, 0.25) is 5.91 Å². The lowest BCUT2D eigenvalue weighted by molar-refractivity contribution is -0.126. The van der Waals surface area contributed by atoms with Crippen molar-refractivity contribution in [2.45, 2.75) is 12.8 Å². The molecule has 0 unspecified atom stereocenters. The van der Waals surface area contributed by atoms with Crippen molar-refractivity contribution in [2.75, 3.05) is 26.2 Å². The van der Waals surface area contributed by atoms with Crippen LogP contribution < -0.4 is 5.32 Å². The summed E-state index contributed by atoms with van der Waals surface area (Å²) in [5, 5.41) is 11.4. The van der Waals surface area contributed by atoms with E-state index in [4.69, 9.17) is 5.11 Å². The summed E-state index contributed by atoms with van der Waals surface area (Å²) in [7, 11) is 0. The molecule has 7 heteroatoms. The number of hydrogen-bond acceptors (Lipinski definition) is 4. The number of aliphatic hydroxyl groups is 1. The molecule has 0 atom stereocenters. The predicted octanol–water partition coefficient (Wildman–Crippen LogP) is 0.295. The first-order valence-corrected chi connectivity index (χ1v) is 7.79. The number of piperidine rings is 1. The van der Waals surface area contributed by atoms with Crippen molar-refractivity contribution in [3.05, 3.63) is 36.4 Å². The van der Waals surface area contributed by atoms with Crippen LogP contribution in [0.2, 0.25) is 0 Å². The van der Waals surface area contributed by atoms with Gasteiger partial charge in [0, 0.05) is 37.3 Å². The van der Waals surface area contributed by atoms with E-state index in [2.05, 4.69) is 10.3 Å². The number of nitrogens with one attached hydrogen (secondary N) is 1. The number of likely N-dealkylation sites (tertiary alicyclic amines) is 1. The lowest BCUT2D eigenvalue weighted by Crippen LogP contribution is -2.43. The summed E-state index contributed by atoms with van der Waals surface area (Å²) >= 11 is 0. The summed E-state index contributed by atoms with van der Waals surface area (Å²) in [6.07, 6.45) is 4.79. The predicted molar refractivity (Wildman–Crippen MR) is 83.9 cm³/mol. The topological polar surface area (TPSA) is 86.9 Å². The maximum atomic E-state index is 12.5. The fourth-order valence-corrected chi connectivity index (χ4v) is 2.88. The molecule has 0 aliphatic carbocycles. The molecule has 1 saturated heterocycles. The average molecular weight is 316 g/mol. The van der Waals surface area contributed by atoms with Crippen LogP contribution >= 0.6 is 0 Å². The molecule has 122 valence electrons. The first-order valence-electron chi connectivity index (χ1n) is 7.79. The van der Waals surface area contributed by atoms with E-state index in [1.54, 1.807) is 17.3 Å². The van der Waals surface area contributed by atoms with Gasteiger partial charge < -0.3 is 19.7 Å². The van der Waals surface area contributed by atoms with E-state index < -0.39 is 0 Å². The minimum atomic E-state index is -0.0945. The van der Waals surface area contributed by atoms with Crippen molar-refractivity contribution in [3.63, 3.8) is 0 Å². The number of hydrogen-bond donors (Lipinski definition) is 2. The van der Waals surface area contributed by atoms with Crippen LogP contribution in [0, 0.1) is 5.92 Å². The van der Waals surface area contributed by atoms with Crippen LogP contribution in [-0.4, -0.2) is 57.4 Å². The Morgan fingerprint density at radius 2 is 2.13 bits per heavy atom. The first kappa shape index (κ1) is 15.5. The summed E-state index contributed by atoms with van der Waals surface area (Å²) in [5.41, 5.74) is 1.36. The monoisotopic (exact) mass is 316 g/mol. The Labute approximate surface area is 133 Å². The number of aliphatic hydroxyl groups excluding tert-OH is 1. The standard InChI is InChI=1S/C16H20N4O3/c21-9-5-17-15(22)12-3-7-19(8-4-12)16(23)14-10-13-2-1-6-20(13)11-18-14/h1-2,6,10-12,21H,3-5,7-9H2,(H,17,22). The lowest BCUT2D eigenvalue weighted by atomic mass is 9.95. The molecule has 7 nitrogen and oxygen atoms in total. The third-order valence-electron chi connectivity index (χ3n) is 4.20. The third kappa shape index (κ3) is 3.34. The van der Waals surface area contributed by atoms with Gasteiger partial charge in [-0.05, 0) is 31.0 Å². The van der Waals surface area contributed by atoms with Gasteiger partial charge in [-0.2, -0.15) is 0 Å². The van der Waals surface area contributed by atoms with Crippen molar-refractivity contribution >= 4 is 17.3 Å². The largest absolute Gasteiger partial charge is 0.395 e. The maximum Gasteiger partial charge on any atom is 0.272 e. The summed E-state index contributed by atoms with van der Waals surface area (Å²) in [4.78, 5) is 30.4. The number of aromatic nitrogens is 2. The highest BCUT2D eigenvalue weighted by Crippen LogP contribution is 2.19. The van der Waals surface area contributed by atoms with Gasteiger partial charge in [0.15, 0.2) is 0 Å². The normalized spacial score (nSPS) is 15.8. The molecule has 3 rings (SSSR count). The van der Waals surface area contributed by atoms with Crippen LogP contribution in [-0.2, 0) is 4.79 Å². The van der Waals surface area contributed by atoms with Gasteiger partial charge in [0.25, 0.3) is 5.91 Å². The molecule has 2 aromatic rings. The molecule has 0 radical (unpaired) electrons. The van der Waals surface area contributed by atoms with Crippen LogP contribution in [0.5, 0.6) is 0 Å². The van der Waals surface area contributed by atoms with Gasteiger partial charge in [-0.25, -0.2) is 4.98 Å². The van der Waals surface area contributed by atoms with Crippen LogP contribution in [0.15, 0.2) is 30.7 Å². The van der Waals surface area contributed by atoms with Crippen LogP contribution in [0.1, 0.15) is 23.3 Å². The van der Waals surface area contributed by atoms with Crippen molar-refractivity contribution in [2.24, 2.45) is 5.92 Å². The van der Waals surface area contributed by atoms with E-state index in [1.165, 1.54) is 0 Å². The maximum absolute atomic E-state index is 12.5. The van der Waals surface area contributed by atoms with Crippen LogP contribution in [0.4, 0.5) is 0 Å². The second-order valence-corrected chi connectivity index (χ2v) is 5.70. The summed E-state index contributed by atoms with van der Waals surface area (Å²) in [6, 6.07) is 5.61. The van der Waals surface area contributed by atoms with Crippen LogP contribution in [0.25, 0.3) is 5.52 Å². The van der Waals surface area contributed by atoms with Gasteiger partial charge in [-0.3, -0.25) is 9.59 Å². The van der Waals surface area contributed by atoms with Crippen molar-refractivity contribution in [1.82, 2.24) is 19.6 Å². The zero-order valence-electron chi connectivity index (χ0n) is 12.8. The number of amides is 2. The van der Waals surface area contributed by atoms with Crippen molar-refractivity contribution in [3.8, 4) is 0 Å². The minimum Gasteiger partial charge on any atom is -0.395 e. The Balaban J connectivity index is 1.60. The second-order valence-electron chi connectivity index (χ2n) is 5.70. The highest BCUT2D eigenvalue weighted by Gasteiger charge is 2.28. The number of nitrogens with zero attached hydrogens (tertiary/aromatic N) is 3. The van der Waals surface area contributed by atoms with Gasteiger partial charge in [-0.1, -0.05) is 0 Å². The molecule has 2 N–H and O–H groups in total. The molecular formula is C16H20N4O3. The van der Waals surface area contributed by atoms with Crippen molar-refractivity contribution < 1.29 is 14.7 Å². The van der Waals surface area contributed by atoms with E-state index >= 15 is 0 Å². The third-order valence-corrected chi connectivity index (χ3v) is 4.20. The van der Waals surface area contributed by atoms with E-state index in [-0.39, 0.29) is 30.9 Å². The molecule has 0 saturated carbocycles. The first-order chi connectivity index (χ1) is 11.2. The molecule has 3 heterocycles. The molecule has 23 heavy (non-hydrogen) atoms. The van der Waals surface area contributed by atoms with E-state index in [9.17, 15) is 9.59 Å². The fraction of sp³-hybridized carbons (Fsp3) is 0.438. The fourth-order valence-electron chi connectivity index (χ4n) is 2.88. The number of fused-ring (bicyclic) bond motifs is 1. The van der Waals surface area contributed by atoms with E-state index in [0.29, 0.717) is 31.6 Å². The molecule has 1 fully saturated rings. The number of carbonyl (C=O) groups is 2. The molecular weight excluding hydrogens is 296 g/mol. The number of rotatable bonds is 4. The Morgan fingerprint density at radius 1 is 1.35 bits per heavy atom. The Hall–Kier alpha value is -2.41. The molecule has 0 aromatic carbocycles. The van der Waals surface area contributed by atoms with Gasteiger partial charge in [0.1, 0.15) is 5.69 Å². The quantitative estimate of drug-likeness (QED) is 0.849. The van der Waals surface area contributed by atoms with Crippen LogP contribution in [0.3, 0.4) is 0 Å². The second kappa shape index (κ2) is 6.78. The summed E-state index contributed by atoms with van der Waals surface area (Å²) in [6.45, 7) is 1.31. The Morgan fingerprint density at radius 3 is 2.87 bits per heavy atom. The number of carbonyl (C=O) groups excluding carboxylic acids is 2. The zero-order chi connectivity index (χ0) is 16.2. The SMILES string of the molecule is O=C(NCCO)C1CCN(C(=O)c2cc3cccn3cn2)CC1. The summed E-state index contributed by atoms with van der Waals surface area (Å²) in [5.74, 6) is -0.228. The Kier molecular flexibility index (Phi) is 4.57. The van der Waals surface area contributed by atoms with E-state index in [0.717, 1.165) is 5.52 Å². The highest BCUT2D eigenvalue weighted by molar-refractivity contribution is 5.93. The summed E-state index contributed by atoms with van der Waals surface area (Å²) < 4.78 is 1.86. The zero-order valence-corrected chi connectivity index (χ0v) is 12.8. The molecule has 0 bridgehead atoms. The highest BCUT2D eigenvalue weighted by atomic mass is 16.3. The molecule has 2 amide bonds. The lowest BCUT2D eigenvalue weighted by Gasteiger charge is -2.31. The molecule has 2 aromatic heterocycles. The smallest absolute Gasteiger partial charge is 0.272 e. The van der Waals surface area contributed by atoms with E-state index in [1.807, 2.05) is 22.7 Å². The van der Waals surface area contributed by atoms with Gasteiger partial charge >= 0.3 is 0 Å². The minimum absolute atomic E-state index is 0.0427. The van der Waals surface area contributed by atoms with Gasteiger partial charge in [-0.15, -0.1) is 0 Å². The average Bonchev–Trinajstić information content (AvgIpc) is 3.06. The Bertz CT molecular complexity index is 704. The van der Waals surface area contributed by atoms with Crippen molar-refractivity contribution in [1.29, 1.82) is 0 Å². The molecule has 0 spiro atoms. The molecule has 1 aliphatic rings. The van der Waals surface area contributed by atoms with Gasteiger partial charge in [0.05, 0.1) is 12.9 Å². The molecule has 1 aliphatic heterocycles.